The Bertz CT molecular complexity index is 1150. The van der Waals surface area contributed by atoms with Gasteiger partial charge in [-0.15, -0.1) is 5.10 Å². The molecule has 2 heterocycles. The normalized spacial score (nSPS) is 17.8. The van der Waals surface area contributed by atoms with Crippen molar-refractivity contribution >= 4 is 22.8 Å². The third kappa shape index (κ3) is 5.47. The standard InChI is InChI=1S/C24H28FN5O3/c1-33-18-8-7-17(19(25)15-18)16-24(12-10-23(32)27-24)11-9-22(31)26-13-4-14-30-21-6-3-2-5-20(21)28-29-30/h2-3,5-8,15H,4,9-14,16H2,1H3,(H,26,31)(H,27,32). The molecule has 1 aliphatic rings. The summed E-state index contributed by atoms with van der Waals surface area (Å²) in [6.07, 6.45) is 2.71. The number of halogens is 1. The van der Waals surface area contributed by atoms with Crippen molar-refractivity contribution in [2.24, 2.45) is 0 Å². The third-order valence-electron chi connectivity index (χ3n) is 6.14. The van der Waals surface area contributed by atoms with Crippen molar-refractivity contribution < 1.29 is 18.7 Å². The molecule has 2 aromatic carbocycles. The lowest BCUT2D eigenvalue weighted by Gasteiger charge is -2.29. The summed E-state index contributed by atoms with van der Waals surface area (Å²) in [6, 6.07) is 12.5. The van der Waals surface area contributed by atoms with Crippen molar-refractivity contribution in [2.45, 2.75) is 50.6 Å². The average molecular weight is 454 g/mol. The molecular weight excluding hydrogens is 425 g/mol. The molecule has 3 aromatic rings. The van der Waals surface area contributed by atoms with Crippen molar-refractivity contribution in [1.82, 2.24) is 25.6 Å². The summed E-state index contributed by atoms with van der Waals surface area (Å²) in [5, 5.41) is 14.2. The van der Waals surface area contributed by atoms with Crippen LogP contribution >= 0.6 is 0 Å². The number of amides is 2. The maximum absolute atomic E-state index is 14.5. The molecule has 0 radical (unpaired) electrons. The minimum Gasteiger partial charge on any atom is -0.497 e. The smallest absolute Gasteiger partial charge is 0.220 e. The highest BCUT2D eigenvalue weighted by molar-refractivity contribution is 5.80. The number of aromatic nitrogens is 3. The van der Waals surface area contributed by atoms with Gasteiger partial charge < -0.3 is 15.4 Å². The molecule has 2 amide bonds. The van der Waals surface area contributed by atoms with Crippen LogP contribution in [-0.2, 0) is 22.6 Å². The number of aryl methyl sites for hydroxylation is 1. The van der Waals surface area contributed by atoms with E-state index in [2.05, 4.69) is 20.9 Å². The van der Waals surface area contributed by atoms with Crippen molar-refractivity contribution in [3.8, 4) is 5.75 Å². The van der Waals surface area contributed by atoms with Gasteiger partial charge in [-0.2, -0.15) is 0 Å². The Hall–Kier alpha value is -3.49. The summed E-state index contributed by atoms with van der Waals surface area (Å²) < 4.78 is 21.4. The van der Waals surface area contributed by atoms with E-state index in [-0.39, 0.29) is 24.1 Å². The molecule has 1 aliphatic heterocycles. The predicted molar refractivity (Wildman–Crippen MR) is 121 cm³/mol. The van der Waals surface area contributed by atoms with Crippen molar-refractivity contribution in [2.75, 3.05) is 13.7 Å². The number of nitrogens with zero attached hydrogens (tertiary/aromatic N) is 3. The number of rotatable bonds is 10. The number of ether oxygens (including phenoxy) is 1. The zero-order valence-electron chi connectivity index (χ0n) is 18.6. The molecule has 1 fully saturated rings. The molecule has 8 nitrogen and oxygen atoms in total. The molecule has 9 heteroatoms. The van der Waals surface area contributed by atoms with Gasteiger partial charge in [-0.05, 0) is 49.4 Å². The number of carbonyl (C=O) groups excluding carboxylic acids is 2. The number of benzene rings is 2. The Morgan fingerprint density at radius 1 is 1.30 bits per heavy atom. The first-order chi connectivity index (χ1) is 16.0. The lowest BCUT2D eigenvalue weighted by Crippen LogP contribution is -2.44. The fourth-order valence-corrected chi connectivity index (χ4v) is 4.33. The Morgan fingerprint density at radius 2 is 2.15 bits per heavy atom. The molecule has 33 heavy (non-hydrogen) atoms. The van der Waals surface area contributed by atoms with Crippen LogP contribution in [0.1, 0.15) is 37.7 Å². The number of carbonyl (C=O) groups is 2. The van der Waals surface area contributed by atoms with Gasteiger partial charge in [0, 0.05) is 37.5 Å². The van der Waals surface area contributed by atoms with Crippen molar-refractivity contribution in [3.05, 3.63) is 53.8 Å². The first-order valence-electron chi connectivity index (χ1n) is 11.2. The molecule has 1 atom stereocenters. The number of nitrogens with one attached hydrogen (secondary N) is 2. The number of methoxy groups -OCH3 is 1. The van der Waals surface area contributed by atoms with Gasteiger partial charge in [0.15, 0.2) is 0 Å². The van der Waals surface area contributed by atoms with Crippen LogP contribution in [0.25, 0.3) is 11.0 Å². The van der Waals surface area contributed by atoms with Gasteiger partial charge in [-0.25, -0.2) is 9.07 Å². The van der Waals surface area contributed by atoms with E-state index in [0.717, 1.165) is 17.5 Å². The van der Waals surface area contributed by atoms with Gasteiger partial charge >= 0.3 is 0 Å². The highest BCUT2D eigenvalue weighted by Crippen LogP contribution is 2.31. The molecule has 174 valence electrons. The molecule has 0 bridgehead atoms. The molecule has 0 spiro atoms. The van der Waals surface area contributed by atoms with E-state index in [9.17, 15) is 14.0 Å². The summed E-state index contributed by atoms with van der Waals surface area (Å²) >= 11 is 0. The second-order valence-electron chi connectivity index (χ2n) is 8.47. The molecule has 0 saturated carbocycles. The summed E-state index contributed by atoms with van der Waals surface area (Å²) in [5.41, 5.74) is 1.69. The van der Waals surface area contributed by atoms with Crippen LogP contribution in [0.15, 0.2) is 42.5 Å². The molecule has 1 saturated heterocycles. The molecule has 4 rings (SSSR count). The molecule has 1 aromatic heterocycles. The van der Waals surface area contributed by atoms with E-state index in [4.69, 9.17) is 4.74 Å². The lowest BCUT2D eigenvalue weighted by molar-refractivity contribution is -0.122. The van der Waals surface area contributed by atoms with E-state index in [0.29, 0.717) is 50.1 Å². The Labute approximate surface area is 191 Å². The largest absolute Gasteiger partial charge is 0.497 e. The topological polar surface area (TPSA) is 98.1 Å². The summed E-state index contributed by atoms with van der Waals surface area (Å²) in [4.78, 5) is 24.4. The number of hydrogen-bond donors (Lipinski definition) is 2. The summed E-state index contributed by atoms with van der Waals surface area (Å²) in [6.45, 7) is 1.16. The second kappa shape index (κ2) is 9.97. The Kier molecular flexibility index (Phi) is 6.86. The van der Waals surface area contributed by atoms with Gasteiger partial charge in [0.2, 0.25) is 11.8 Å². The molecule has 2 N–H and O–H groups in total. The van der Waals surface area contributed by atoms with E-state index < -0.39 is 5.54 Å². The van der Waals surface area contributed by atoms with Crippen LogP contribution in [0.2, 0.25) is 0 Å². The minimum atomic E-state index is -0.622. The first-order valence-corrected chi connectivity index (χ1v) is 11.2. The number of para-hydroxylation sites is 1. The van der Waals surface area contributed by atoms with Crippen LogP contribution in [0.4, 0.5) is 4.39 Å². The van der Waals surface area contributed by atoms with Crippen LogP contribution in [0.3, 0.4) is 0 Å². The van der Waals surface area contributed by atoms with Crippen molar-refractivity contribution in [3.63, 3.8) is 0 Å². The fourth-order valence-electron chi connectivity index (χ4n) is 4.33. The van der Waals surface area contributed by atoms with Gasteiger partial charge in [-0.3, -0.25) is 9.59 Å². The lowest BCUT2D eigenvalue weighted by atomic mass is 9.84. The first kappa shape index (κ1) is 22.7. The van der Waals surface area contributed by atoms with Gasteiger partial charge in [0.05, 0.1) is 12.6 Å². The number of hydrogen-bond acceptors (Lipinski definition) is 5. The quantitative estimate of drug-likeness (QED) is 0.460. The Balaban J connectivity index is 1.28. The van der Waals surface area contributed by atoms with E-state index >= 15 is 0 Å². The zero-order chi connectivity index (χ0) is 23.3. The van der Waals surface area contributed by atoms with Gasteiger partial charge in [0.25, 0.3) is 0 Å². The van der Waals surface area contributed by atoms with Crippen LogP contribution in [-0.4, -0.2) is 46.0 Å². The average Bonchev–Trinajstić information content (AvgIpc) is 3.40. The number of fused-ring (bicyclic) bond motifs is 1. The SMILES string of the molecule is COc1ccc(CC2(CCC(=O)NCCCn3nnc4ccccc43)CCC(=O)N2)c(F)c1. The zero-order valence-corrected chi connectivity index (χ0v) is 18.6. The fraction of sp³-hybridized carbons (Fsp3) is 0.417. The predicted octanol–water partition coefficient (Wildman–Crippen LogP) is 2.76. The molecule has 1 unspecified atom stereocenters. The van der Waals surface area contributed by atoms with Crippen LogP contribution in [0.5, 0.6) is 5.75 Å². The minimum absolute atomic E-state index is 0.0654. The molecular formula is C24H28FN5O3. The maximum Gasteiger partial charge on any atom is 0.220 e. The van der Waals surface area contributed by atoms with Gasteiger partial charge in [0.1, 0.15) is 17.1 Å². The van der Waals surface area contributed by atoms with Crippen LogP contribution in [0, 0.1) is 5.82 Å². The van der Waals surface area contributed by atoms with E-state index in [1.165, 1.54) is 13.2 Å². The summed E-state index contributed by atoms with van der Waals surface area (Å²) in [7, 11) is 1.49. The Morgan fingerprint density at radius 3 is 2.91 bits per heavy atom. The highest BCUT2D eigenvalue weighted by Gasteiger charge is 2.38. The monoisotopic (exact) mass is 453 g/mol. The van der Waals surface area contributed by atoms with Gasteiger partial charge in [-0.1, -0.05) is 23.4 Å². The van der Waals surface area contributed by atoms with E-state index in [1.54, 1.807) is 12.1 Å². The second-order valence-corrected chi connectivity index (χ2v) is 8.47. The highest BCUT2D eigenvalue weighted by atomic mass is 19.1. The van der Waals surface area contributed by atoms with Crippen molar-refractivity contribution in [1.29, 1.82) is 0 Å². The summed E-state index contributed by atoms with van der Waals surface area (Å²) in [5.74, 6) is -0.0856. The third-order valence-corrected chi connectivity index (χ3v) is 6.14. The molecule has 0 aliphatic carbocycles. The van der Waals surface area contributed by atoms with E-state index in [1.807, 2.05) is 28.9 Å². The maximum atomic E-state index is 14.5. The van der Waals surface area contributed by atoms with Crippen LogP contribution < -0.4 is 15.4 Å².